The van der Waals surface area contributed by atoms with Crippen molar-refractivity contribution in [1.82, 2.24) is 15.5 Å². The second-order valence-corrected chi connectivity index (χ2v) is 7.07. The molecule has 1 unspecified atom stereocenters. The molecule has 1 aromatic heterocycles. The SMILES string of the molecule is CC(Oc1ccccc1C(C)C)C(=O)NCc1nc(-c2ccccc2Cl)no1. The summed E-state index contributed by atoms with van der Waals surface area (Å²) in [5.41, 5.74) is 1.73. The average Bonchev–Trinajstić information content (AvgIpc) is 3.15. The molecular formula is C21H22ClN3O3. The predicted octanol–water partition coefficient (Wildman–Crippen LogP) is 4.60. The lowest BCUT2D eigenvalue weighted by Gasteiger charge is -2.18. The number of carbonyl (C=O) groups excluding carboxylic acids is 1. The largest absolute Gasteiger partial charge is 0.481 e. The van der Waals surface area contributed by atoms with Crippen LogP contribution in [0.2, 0.25) is 5.02 Å². The molecule has 0 spiro atoms. The summed E-state index contributed by atoms with van der Waals surface area (Å²) in [4.78, 5) is 16.7. The number of rotatable bonds is 7. The zero-order valence-corrected chi connectivity index (χ0v) is 16.7. The van der Waals surface area contributed by atoms with E-state index in [0.717, 1.165) is 5.56 Å². The monoisotopic (exact) mass is 399 g/mol. The van der Waals surface area contributed by atoms with Crippen LogP contribution in [0.4, 0.5) is 0 Å². The molecular weight excluding hydrogens is 378 g/mol. The number of hydrogen-bond acceptors (Lipinski definition) is 5. The van der Waals surface area contributed by atoms with E-state index in [-0.39, 0.29) is 18.3 Å². The van der Waals surface area contributed by atoms with Crippen LogP contribution in [0.15, 0.2) is 53.1 Å². The van der Waals surface area contributed by atoms with E-state index < -0.39 is 6.10 Å². The Balaban J connectivity index is 1.59. The summed E-state index contributed by atoms with van der Waals surface area (Å²) in [5, 5.41) is 7.20. The first kappa shape index (κ1) is 19.9. The Labute approximate surface area is 168 Å². The Hall–Kier alpha value is -2.86. The van der Waals surface area contributed by atoms with E-state index in [1.807, 2.05) is 36.4 Å². The molecule has 0 aliphatic heterocycles. The van der Waals surface area contributed by atoms with Gasteiger partial charge in [-0.1, -0.05) is 60.9 Å². The molecule has 1 atom stereocenters. The van der Waals surface area contributed by atoms with Gasteiger partial charge in [-0.3, -0.25) is 4.79 Å². The number of carbonyl (C=O) groups is 1. The predicted molar refractivity (Wildman–Crippen MR) is 107 cm³/mol. The second kappa shape index (κ2) is 8.89. The van der Waals surface area contributed by atoms with E-state index in [1.165, 1.54) is 0 Å². The molecule has 0 radical (unpaired) electrons. The number of ether oxygens (including phenoxy) is 1. The molecule has 2 aromatic carbocycles. The molecule has 0 saturated carbocycles. The minimum Gasteiger partial charge on any atom is -0.481 e. The summed E-state index contributed by atoms with van der Waals surface area (Å²) in [7, 11) is 0. The summed E-state index contributed by atoms with van der Waals surface area (Å²) >= 11 is 6.14. The van der Waals surface area contributed by atoms with Crippen molar-refractivity contribution < 1.29 is 14.1 Å². The molecule has 0 bridgehead atoms. The number of para-hydroxylation sites is 1. The molecule has 1 amide bonds. The fourth-order valence-electron chi connectivity index (χ4n) is 2.69. The van der Waals surface area contributed by atoms with E-state index >= 15 is 0 Å². The van der Waals surface area contributed by atoms with Crippen molar-refractivity contribution in [3.05, 3.63) is 65.0 Å². The van der Waals surface area contributed by atoms with E-state index in [4.69, 9.17) is 20.9 Å². The first-order valence-electron chi connectivity index (χ1n) is 9.06. The van der Waals surface area contributed by atoms with Crippen LogP contribution in [-0.2, 0) is 11.3 Å². The minimum absolute atomic E-state index is 0.107. The maximum absolute atomic E-state index is 12.4. The quantitative estimate of drug-likeness (QED) is 0.628. The molecule has 3 rings (SSSR count). The maximum Gasteiger partial charge on any atom is 0.261 e. The number of nitrogens with one attached hydrogen (secondary N) is 1. The van der Waals surface area contributed by atoms with E-state index in [1.54, 1.807) is 19.1 Å². The smallest absolute Gasteiger partial charge is 0.261 e. The highest BCUT2D eigenvalue weighted by Gasteiger charge is 2.18. The van der Waals surface area contributed by atoms with Crippen LogP contribution in [0.5, 0.6) is 5.75 Å². The summed E-state index contributed by atoms with van der Waals surface area (Å²) in [6.07, 6.45) is -0.661. The van der Waals surface area contributed by atoms with Crippen LogP contribution >= 0.6 is 11.6 Å². The number of benzene rings is 2. The maximum atomic E-state index is 12.4. The van der Waals surface area contributed by atoms with Gasteiger partial charge in [0.05, 0.1) is 11.6 Å². The van der Waals surface area contributed by atoms with Crippen molar-refractivity contribution in [3.8, 4) is 17.1 Å². The Morgan fingerprint density at radius 3 is 2.61 bits per heavy atom. The third kappa shape index (κ3) is 4.70. The second-order valence-electron chi connectivity index (χ2n) is 6.66. The van der Waals surface area contributed by atoms with Crippen LogP contribution in [0.25, 0.3) is 11.4 Å². The molecule has 0 fully saturated rings. The van der Waals surface area contributed by atoms with Crippen molar-refractivity contribution in [3.63, 3.8) is 0 Å². The highest BCUT2D eigenvalue weighted by molar-refractivity contribution is 6.33. The van der Waals surface area contributed by atoms with Gasteiger partial charge < -0.3 is 14.6 Å². The van der Waals surface area contributed by atoms with Gasteiger partial charge in [-0.15, -0.1) is 0 Å². The zero-order valence-electron chi connectivity index (χ0n) is 16.0. The number of nitrogens with zero attached hydrogens (tertiary/aromatic N) is 2. The van der Waals surface area contributed by atoms with Gasteiger partial charge in [0.2, 0.25) is 11.7 Å². The molecule has 0 aliphatic rings. The van der Waals surface area contributed by atoms with Crippen molar-refractivity contribution in [2.45, 2.75) is 39.3 Å². The molecule has 6 nitrogen and oxygen atoms in total. The van der Waals surface area contributed by atoms with Gasteiger partial charge in [0.1, 0.15) is 5.75 Å². The topological polar surface area (TPSA) is 77.2 Å². The number of aromatic nitrogens is 2. The number of hydrogen-bond donors (Lipinski definition) is 1. The first-order chi connectivity index (χ1) is 13.5. The molecule has 0 saturated heterocycles. The Kier molecular flexibility index (Phi) is 6.31. The lowest BCUT2D eigenvalue weighted by molar-refractivity contribution is -0.127. The van der Waals surface area contributed by atoms with Crippen LogP contribution in [0.3, 0.4) is 0 Å². The minimum atomic E-state index is -0.661. The Morgan fingerprint density at radius 1 is 1.14 bits per heavy atom. The summed E-state index contributed by atoms with van der Waals surface area (Å²) in [5.74, 6) is 1.41. The molecule has 1 heterocycles. The summed E-state index contributed by atoms with van der Waals surface area (Å²) in [6, 6.07) is 14.9. The first-order valence-corrected chi connectivity index (χ1v) is 9.44. The molecule has 7 heteroatoms. The van der Waals surface area contributed by atoms with E-state index in [2.05, 4.69) is 29.3 Å². The van der Waals surface area contributed by atoms with Crippen molar-refractivity contribution in [1.29, 1.82) is 0 Å². The third-order valence-electron chi connectivity index (χ3n) is 4.21. The average molecular weight is 400 g/mol. The highest BCUT2D eigenvalue weighted by atomic mass is 35.5. The number of halogens is 1. The van der Waals surface area contributed by atoms with Gasteiger partial charge in [-0.05, 0) is 36.6 Å². The lowest BCUT2D eigenvalue weighted by atomic mass is 10.0. The number of amides is 1. The van der Waals surface area contributed by atoms with Gasteiger partial charge in [-0.25, -0.2) is 0 Å². The molecule has 3 aromatic rings. The van der Waals surface area contributed by atoms with E-state index in [9.17, 15) is 4.79 Å². The summed E-state index contributed by atoms with van der Waals surface area (Å²) in [6.45, 7) is 5.98. The fourth-order valence-corrected chi connectivity index (χ4v) is 2.91. The normalized spacial score (nSPS) is 12.0. The van der Waals surface area contributed by atoms with Gasteiger partial charge in [0.25, 0.3) is 5.91 Å². The van der Waals surface area contributed by atoms with Crippen LogP contribution in [0, 0.1) is 0 Å². The molecule has 1 N–H and O–H groups in total. The zero-order chi connectivity index (χ0) is 20.1. The Morgan fingerprint density at radius 2 is 1.86 bits per heavy atom. The van der Waals surface area contributed by atoms with Gasteiger partial charge in [0.15, 0.2) is 6.10 Å². The highest BCUT2D eigenvalue weighted by Crippen LogP contribution is 2.27. The molecule has 0 aliphatic carbocycles. The van der Waals surface area contributed by atoms with Crippen molar-refractivity contribution in [2.75, 3.05) is 0 Å². The molecule has 28 heavy (non-hydrogen) atoms. The third-order valence-corrected chi connectivity index (χ3v) is 4.54. The molecule has 146 valence electrons. The van der Waals surface area contributed by atoms with Gasteiger partial charge in [0, 0.05) is 5.56 Å². The van der Waals surface area contributed by atoms with Gasteiger partial charge >= 0.3 is 0 Å². The standard InChI is InChI=1S/C21H22ClN3O3/c1-13(2)15-8-5-7-11-18(15)27-14(3)21(26)23-12-19-24-20(25-28-19)16-9-4-6-10-17(16)22/h4-11,13-14H,12H2,1-3H3,(H,23,26). The van der Waals surface area contributed by atoms with Crippen LogP contribution in [-0.4, -0.2) is 22.2 Å². The van der Waals surface area contributed by atoms with E-state index in [0.29, 0.717) is 28.1 Å². The summed E-state index contributed by atoms with van der Waals surface area (Å²) < 4.78 is 11.0. The van der Waals surface area contributed by atoms with Crippen molar-refractivity contribution in [2.24, 2.45) is 0 Å². The Bertz CT molecular complexity index is 955. The van der Waals surface area contributed by atoms with Crippen molar-refractivity contribution >= 4 is 17.5 Å². The fraction of sp³-hybridized carbons (Fsp3) is 0.286. The van der Waals surface area contributed by atoms with Gasteiger partial charge in [-0.2, -0.15) is 4.98 Å². The lowest BCUT2D eigenvalue weighted by Crippen LogP contribution is -2.36. The van der Waals surface area contributed by atoms with Crippen LogP contribution in [0.1, 0.15) is 38.1 Å². The van der Waals surface area contributed by atoms with Crippen LogP contribution < -0.4 is 10.1 Å².